The van der Waals surface area contributed by atoms with Crippen molar-refractivity contribution in [3.63, 3.8) is 0 Å². The van der Waals surface area contributed by atoms with Gasteiger partial charge in [-0.2, -0.15) is 0 Å². The number of carbonyl (C=O) groups is 2. The van der Waals surface area contributed by atoms with Gasteiger partial charge in [0.15, 0.2) is 5.78 Å². The molecule has 2 atom stereocenters. The Morgan fingerprint density at radius 3 is 2.80 bits per heavy atom. The SMILES string of the molecule is Cc1cccc(C(=O)N[C@@]23CCC[C@@](/C=C/CC(=O)c4cncc(C)n4)(CC2)C3)c1. The molecule has 5 heteroatoms. The Balaban J connectivity index is 1.41. The third-order valence-electron chi connectivity index (χ3n) is 6.60. The van der Waals surface area contributed by atoms with Crippen molar-refractivity contribution in [1.29, 1.82) is 0 Å². The number of ketones is 1. The largest absolute Gasteiger partial charge is 0.347 e. The van der Waals surface area contributed by atoms with E-state index in [0.29, 0.717) is 12.1 Å². The van der Waals surface area contributed by atoms with E-state index in [1.54, 1.807) is 6.20 Å². The zero-order valence-corrected chi connectivity index (χ0v) is 17.8. The molecule has 4 rings (SSSR count). The summed E-state index contributed by atoms with van der Waals surface area (Å²) in [5.41, 5.74) is 2.95. The van der Waals surface area contributed by atoms with E-state index in [0.717, 1.165) is 55.3 Å². The number of fused-ring (bicyclic) bond motifs is 2. The van der Waals surface area contributed by atoms with E-state index in [1.807, 2.05) is 44.2 Å². The number of nitrogens with one attached hydrogen (secondary N) is 1. The molecule has 1 N–H and O–H groups in total. The average Bonchev–Trinajstić information content (AvgIpc) is 2.97. The van der Waals surface area contributed by atoms with E-state index >= 15 is 0 Å². The number of benzene rings is 1. The molecular weight excluding hydrogens is 374 g/mol. The van der Waals surface area contributed by atoms with Crippen LogP contribution in [0.15, 0.2) is 48.8 Å². The van der Waals surface area contributed by atoms with Gasteiger partial charge in [0.05, 0.1) is 11.9 Å². The second-order valence-electron chi connectivity index (χ2n) is 9.07. The van der Waals surface area contributed by atoms with Gasteiger partial charge >= 0.3 is 0 Å². The molecule has 2 bridgehead atoms. The number of Topliss-reactive ketones (excluding diaryl/α,β-unsaturated/α-hetero) is 1. The predicted octanol–water partition coefficient (Wildman–Crippen LogP) is 4.75. The summed E-state index contributed by atoms with van der Waals surface area (Å²) in [7, 11) is 0. The van der Waals surface area contributed by atoms with Gasteiger partial charge in [0, 0.05) is 23.7 Å². The fraction of sp³-hybridized carbons (Fsp3) is 0.440. The van der Waals surface area contributed by atoms with Crippen molar-refractivity contribution >= 4 is 11.7 Å². The summed E-state index contributed by atoms with van der Waals surface area (Å²) >= 11 is 0. The molecule has 1 aromatic carbocycles. The standard InChI is InChI=1S/C25H29N3O2/c1-18-6-3-7-20(14-18)23(30)28-25-11-5-10-24(17-25,12-13-25)9-4-8-22(29)21-16-26-15-19(2)27-21/h3-4,6-7,9,14-16H,5,8,10-13,17H2,1-2H3,(H,28,30)/b9-4+/t24-,25-/m0/s1. The number of aryl methyl sites for hydroxylation is 2. The van der Waals surface area contributed by atoms with Crippen LogP contribution in [0.1, 0.15) is 77.0 Å². The smallest absolute Gasteiger partial charge is 0.251 e. The molecule has 5 nitrogen and oxygen atoms in total. The summed E-state index contributed by atoms with van der Waals surface area (Å²) in [6.45, 7) is 3.84. The van der Waals surface area contributed by atoms with Gasteiger partial charge in [-0.25, -0.2) is 4.98 Å². The van der Waals surface area contributed by atoms with Gasteiger partial charge in [-0.05, 0) is 63.5 Å². The third-order valence-corrected chi connectivity index (χ3v) is 6.60. The number of hydrogen-bond acceptors (Lipinski definition) is 4. The molecule has 2 aliphatic rings. The number of hydrogen-bond donors (Lipinski definition) is 1. The van der Waals surface area contributed by atoms with Crippen molar-refractivity contribution in [2.24, 2.45) is 5.41 Å². The number of amides is 1. The maximum absolute atomic E-state index is 12.9. The molecule has 1 heterocycles. The molecule has 1 aromatic heterocycles. The lowest BCUT2D eigenvalue weighted by Gasteiger charge is -2.38. The fourth-order valence-electron chi connectivity index (χ4n) is 5.16. The maximum atomic E-state index is 12.9. The summed E-state index contributed by atoms with van der Waals surface area (Å²) in [5.74, 6) is 0.0141. The van der Waals surface area contributed by atoms with Gasteiger partial charge in [0.2, 0.25) is 0 Å². The Hall–Kier alpha value is -2.82. The monoisotopic (exact) mass is 403 g/mol. The van der Waals surface area contributed by atoms with E-state index in [-0.39, 0.29) is 22.6 Å². The Kier molecular flexibility index (Phi) is 5.54. The van der Waals surface area contributed by atoms with Crippen LogP contribution >= 0.6 is 0 Å². The Morgan fingerprint density at radius 2 is 2.00 bits per heavy atom. The lowest BCUT2D eigenvalue weighted by molar-refractivity contribution is 0.0869. The van der Waals surface area contributed by atoms with E-state index in [4.69, 9.17) is 0 Å². The van der Waals surface area contributed by atoms with E-state index < -0.39 is 0 Å². The van der Waals surface area contributed by atoms with Crippen LogP contribution in [0.25, 0.3) is 0 Å². The van der Waals surface area contributed by atoms with Crippen molar-refractivity contribution in [2.45, 2.75) is 64.3 Å². The normalized spacial score (nSPS) is 25.4. The molecule has 156 valence electrons. The first kappa shape index (κ1) is 20.5. The summed E-state index contributed by atoms with van der Waals surface area (Å²) in [4.78, 5) is 33.6. The molecule has 1 amide bonds. The van der Waals surface area contributed by atoms with Crippen LogP contribution in [-0.2, 0) is 0 Å². The zero-order valence-electron chi connectivity index (χ0n) is 17.8. The van der Waals surface area contributed by atoms with Crippen LogP contribution in [0, 0.1) is 19.3 Å². The first-order chi connectivity index (χ1) is 14.4. The van der Waals surface area contributed by atoms with Gasteiger partial charge in [-0.1, -0.05) is 36.3 Å². The van der Waals surface area contributed by atoms with Gasteiger partial charge in [-0.3, -0.25) is 14.6 Å². The van der Waals surface area contributed by atoms with Crippen molar-refractivity contribution in [3.8, 4) is 0 Å². The van der Waals surface area contributed by atoms with Crippen LogP contribution in [0.5, 0.6) is 0 Å². The molecule has 0 unspecified atom stereocenters. The minimum absolute atomic E-state index is 0.00771. The van der Waals surface area contributed by atoms with Crippen molar-refractivity contribution < 1.29 is 9.59 Å². The number of nitrogens with zero attached hydrogens (tertiary/aromatic N) is 2. The highest BCUT2D eigenvalue weighted by atomic mass is 16.2. The quantitative estimate of drug-likeness (QED) is 0.558. The molecule has 30 heavy (non-hydrogen) atoms. The van der Waals surface area contributed by atoms with Crippen LogP contribution in [0.3, 0.4) is 0 Å². The second-order valence-corrected chi connectivity index (χ2v) is 9.07. The molecule has 2 aliphatic carbocycles. The minimum Gasteiger partial charge on any atom is -0.347 e. The lowest BCUT2D eigenvalue weighted by atomic mass is 9.72. The van der Waals surface area contributed by atoms with E-state index in [2.05, 4.69) is 21.4 Å². The molecule has 0 radical (unpaired) electrons. The van der Waals surface area contributed by atoms with Gasteiger partial charge in [-0.15, -0.1) is 0 Å². The zero-order chi connectivity index (χ0) is 21.2. The van der Waals surface area contributed by atoms with Crippen LogP contribution in [0.2, 0.25) is 0 Å². The van der Waals surface area contributed by atoms with Crippen molar-refractivity contribution in [1.82, 2.24) is 15.3 Å². The minimum atomic E-state index is -0.130. The Bertz CT molecular complexity index is 999. The molecule has 2 aromatic rings. The topological polar surface area (TPSA) is 72.0 Å². The summed E-state index contributed by atoms with van der Waals surface area (Å²) in [5, 5.41) is 3.37. The molecule has 2 saturated carbocycles. The van der Waals surface area contributed by atoms with Crippen LogP contribution < -0.4 is 5.32 Å². The predicted molar refractivity (Wildman–Crippen MR) is 116 cm³/mol. The highest BCUT2D eigenvalue weighted by Gasteiger charge is 2.50. The first-order valence-electron chi connectivity index (χ1n) is 10.8. The van der Waals surface area contributed by atoms with Crippen molar-refractivity contribution in [3.05, 3.63) is 71.3 Å². The maximum Gasteiger partial charge on any atom is 0.251 e. The van der Waals surface area contributed by atoms with Gasteiger partial charge < -0.3 is 5.32 Å². The highest BCUT2D eigenvalue weighted by Crippen LogP contribution is 2.54. The lowest BCUT2D eigenvalue weighted by Crippen LogP contribution is -2.48. The molecular formula is C25H29N3O2. The Morgan fingerprint density at radius 1 is 1.13 bits per heavy atom. The number of carbonyl (C=O) groups excluding carboxylic acids is 2. The summed E-state index contributed by atoms with van der Waals surface area (Å²) in [6.07, 6.45) is 14.0. The molecule has 0 spiro atoms. The van der Waals surface area contributed by atoms with Crippen LogP contribution in [-0.4, -0.2) is 27.2 Å². The average molecular weight is 404 g/mol. The Labute approximate surface area is 178 Å². The number of allylic oxidation sites excluding steroid dienone is 2. The van der Waals surface area contributed by atoms with Crippen LogP contribution in [0.4, 0.5) is 0 Å². The summed E-state index contributed by atoms with van der Waals surface area (Å²) < 4.78 is 0. The van der Waals surface area contributed by atoms with Gasteiger partial charge in [0.25, 0.3) is 5.91 Å². The molecule has 2 fully saturated rings. The van der Waals surface area contributed by atoms with Gasteiger partial charge in [0.1, 0.15) is 5.69 Å². The summed E-state index contributed by atoms with van der Waals surface area (Å²) in [6, 6.07) is 7.76. The van der Waals surface area contributed by atoms with E-state index in [9.17, 15) is 9.59 Å². The number of rotatable bonds is 6. The van der Waals surface area contributed by atoms with Crippen molar-refractivity contribution in [2.75, 3.05) is 0 Å². The third kappa shape index (κ3) is 4.35. The highest BCUT2D eigenvalue weighted by molar-refractivity contribution is 5.95. The number of aromatic nitrogens is 2. The van der Waals surface area contributed by atoms with E-state index in [1.165, 1.54) is 6.20 Å². The molecule has 0 aliphatic heterocycles. The molecule has 0 saturated heterocycles. The fourth-order valence-corrected chi connectivity index (χ4v) is 5.16. The first-order valence-corrected chi connectivity index (χ1v) is 10.8. The second kappa shape index (κ2) is 8.13.